The normalized spacial score (nSPS) is 12.0. The number of hydrogen-bond acceptors (Lipinski definition) is 3. The summed E-state index contributed by atoms with van der Waals surface area (Å²) in [5, 5.41) is 16.8. The first-order valence-corrected chi connectivity index (χ1v) is 8.79. The van der Waals surface area contributed by atoms with Crippen LogP contribution in [0.4, 0.5) is 0 Å². The highest BCUT2D eigenvalue weighted by molar-refractivity contribution is 5.99. The summed E-state index contributed by atoms with van der Waals surface area (Å²) >= 11 is 0. The van der Waals surface area contributed by atoms with Gasteiger partial charge in [0.1, 0.15) is 5.69 Å². The van der Waals surface area contributed by atoms with E-state index >= 15 is 0 Å². The van der Waals surface area contributed by atoms with E-state index in [0.717, 1.165) is 17.7 Å². The minimum Gasteiger partial charge on any atom is -0.392 e. The van der Waals surface area contributed by atoms with Gasteiger partial charge in [-0.05, 0) is 31.0 Å². The molecule has 5 nitrogen and oxygen atoms in total. The van der Waals surface area contributed by atoms with Crippen LogP contribution >= 0.6 is 0 Å². The van der Waals surface area contributed by atoms with Gasteiger partial charge in [-0.1, -0.05) is 49.4 Å². The maximum absolute atomic E-state index is 12.6. The standard InChI is InChI=1S/C21H23N3O2/c1-3-16-9-11-17(12-10-16)20-19(21(26)22-13-15(2)25)14-24(23-20)18-7-5-4-6-8-18/h4-12,14-15,25H,3,13H2,1-2H3,(H,22,26). The average Bonchev–Trinajstić information content (AvgIpc) is 3.12. The predicted molar refractivity (Wildman–Crippen MR) is 102 cm³/mol. The molecule has 0 aliphatic rings. The summed E-state index contributed by atoms with van der Waals surface area (Å²) in [6, 6.07) is 17.8. The lowest BCUT2D eigenvalue weighted by Crippen LogP contribution is -2.30. The van der Waals surface area contributed by atoms with Gasteiger partial charge in [0.15, 0.2) is 0 Å². The van der Waals surface area contributed by atoms with Crippen LogP contribution in [0.5, 0.6) is 0 Å². The number of para-hydroxylation sites is 1. The summed E-state index contributed by atoms with van der Waals surface area (Å²) in [6.45, 7) is 3.94. The fourth-order valence-corrected chi connectivity index (χ4v) is 2.70. The molecule has 0 saturated heterocycles. The topological polar surface area (TPSA) is 67.2 Å². The Hall–Kier alpha value is -2.92. The van der Waals surface area contributed by atoms with Crippen LogP contribution < -0.4 is 5.32 Å². The van der Waals surface area contributed by atoms with Gasteiger partial charge in [0.2, 0.25) is 0 Å². The Labute approximate surface area is 153 Å². The van der Waals surface area contributed by atoms with E-state index in [1.54, 1.807) is 17.8 Å². The van der Waals surface area contributed by atoms with Gasteiger partial charge < -0.3 is 10.4 Å². The van der Waals surface area contributed by atoms with Crippen molar-refractivity contribution in [3.8, 4) is 16.9 Å². The Morgan fingerprint density at radius 2 is 1.85 bits per heavy atom. The van der Waals surface area contributed by atoms with E-state index in [1.165, 1.54) is 5.56 Å². The number of aliphatic hydroxyl groups is 1. The van der Waals surface area contributed by atoms with Crippen LogP contribution in [0, 0.1) is 0 Å². The van der Waals surface area contributed by atoms with Crippen molar-refractivity contribution in [3.05, 3.63) is 71.9 Å². The summed E-state index contributed by atoms with van der Waals surface area (Å²) in [5.74, 6) is -0.248. The van der Waals surface area contributed by atoms with Gasteiger partial charge in [0, 0.05) is 18.3 Å². The number of carbonyl (C=O) groups is 1. The molecule has 0 aliphatic heterocycles. The maximum Gasteiger partial charge on any atom is 0.255 e. The molecule has 3 aromatic rings. The van der Waals surface area contributed by atoms with Gasteiger partial charge in [-0.2, -0.15) is 5.10 Å². The maximum atomic E-state index is 12.6. The molecular formula is C21H23N3O2. The van der Waals surface area contributed by atoms with Crippen LogP contribution in [0.15, 0.2) is 60.8 Å². The molecule has 0 bridgehead atoms. The number of benzene rings is 2. The number of hydrogen-bond donors (Lipinski definition) is 2. The summed E-state index contributed by atoms with van der Waals surface area (Å²) in [7, 11) is 0. The third kappa shape index (κ3) is 4.00. The van der Waals surface area contributed by atoms with Crippen LogP contribution in [0.1, 0.15) is 29.8 Å². The number of aryl methyl sites for hydroxylation is 1. The third-order valence-electron chi connectivity index (χ3n) is 4.17. The van der Waals surface area contributed by atoms with Crippen molar-refractivity contribution in [1.82, 2.24) is 15.1 Å². The van der Waals surface area contributed by atoms with Gasteiger partial charge in [0.25, 0.3) is 5.91 Å². The molecule has 0 fully saturated rings. The van der Waals surface area contributed by atoms with Crippen molar-refractivity contribution in [3.63, 3.8) is 0 Å². The van der Waals surface area contributed by atoms with Crippen molar-refractivity contribution >= 4 is 5.91 Å². The van der Waals surface area contributed by atoms with Crippen molar-refractivity contribution < 1.29 is 9.90 Å². The number of rotatable bonds is 6. The highest BCUT2D eigenvalue weighted by Crippen LogP contribution is 2.24. The molecule has 0 spiro atoms. The van der Waals surface area contributed by atoms with Crippen molar-refractivity contribution in [2.75, 3.05) is 6.54 Å². The molecule has 1 unspecified atom stereocenters. The molecule has 5 heteroatoms. The molecule has 0 radical (unpaired) electrons. The predicted octanol–water partition coefficient (Wildman–Crippen LogP) is 3.21. The quantitative estimate of drug-likeness (QED) is 0.718. The van der Waals surface area contributed by atoms with E-state index < -0.39 is 6.10 Å². The lowest BCUT2D eigenvalue weighted by Gasteiger charge is -2.07. The molecule has 1 aromatic heterocycles. The summed E-state index contributed by atoms with van der Waals surface area (Å²) in [4.78, 5) is 12.6. The fourth-order valence-electron chi connectivity index (χ4n) is 2.70. The Morgan fingerprint density at radius 1 is 1.15 bits per heavy atom. The smallest absolute Gasteiger partial charge is 0.255 e. The van der Waals surface area contributed by atoms with Crippen LogP contribution in [0.2, 0.25) is 0 Å². The van der Waals surface area contributed by atoms with E-state index in [1.807, 2.05) is 54.6 Å². The molecule has 1 heterocycles. The second kappa shape index (κ2) is 7.97. The van der Waals surface area contributed by atoms with Gasteiger partial charge in [-0.3, -0.25) is 4.79 Å². The number of nitrogens with one attached hydrogen (secondary N) is 1. The fraction of sp³-hybridized carbons (Fsp3) is 0.238. The summed E-state index contributed by atoms with van der Waals surface area (Å²) in [6.07, 6.45) is 2.09. The molecule has 1 atom stereocenters. The van der Waals surface area contributed by atoms with Gasteiger partial charge in [0.05, 0.1) is 17.4 Å². The van der Waals surface area contributed by atoms with E-state index in [-0.39, 0.29) is 12.5 Å². The van der Waals surface area contributed by atoms with Crippen LogP contribution in [0.25, 0.3) is 16.9 Å². The molecule has 0 aliphatic carbocycles. The van der Waals surface area contributed by atoms with Crippen LogP contribution in [-0.4, -0.2) is 33.4 Å². The minimum atomic E-state index is -0.601. The number of carbonyl (C=O) groups excluding carboxylic acids is 1. The van der Waals surface area contributed by atoms with Gasteiger partial charge in [-0.15, -0.1) is 0 Å². The molecule has 2 N–H and O–H groups in total. The molecular weight excluding hydrogens is 326 g/mol. The summed E-state index contributed by atoms with van der Waals surface area (Å²) < 4.78 is 1.71. The van der Waals surface area contributed by atoms with Crippen molar-refractivity contribution in [2.24, 2.45) is 0 Å². The minimum absolute atomic E-state index is 0.198. The first kappa shape index (κ1) is 17.9. The lowest BCUT2D eigenvalue weighted by molar-refractivity contribution is 0.0924. The number of aromatic nitrogens is 2. The van der Waals surface area contributed by atoms with Gasteiger partial charge >= 0.3 is 0 Å². The third-order valence-corrected chi connectivity index (χ3v) is 4.17. The second-order valence-electron chi connectivity index (χ2n) is 6.28. The largest absolute Gasteiger partial charge is 0.392 e. The lowest BCUT2D eigenvalue weighted by atomic mass is 10.0. The van der Waals surface area contributed by atoms with E-state index in [4.69, 9.17) is 0 Å². The summed E-state index contributed by atoms with van der Waals surface area (Å²) in [5.41, 5.74) is 4.11. The van der Waals surface area contributed by atoms with Crippen molar-refractivity contribution in [2.45, 2.75) is 26.4 Å². The first-order valence-electron chi connectivity index (χ1n) is 8.79. The van der Waals surface area contributed by atoms with E-state index in [9.17, 15) is 9.90 Å². The SMILES string of the molecule is CCc1ccc(-c2nn(-c3ccccc3)cc2C(=O)NCC(C)O)cc1. The zero-order chi connectivity index (χ0) is 18.5. The zero-order valence-electron chi connectivity index (χ0n) is 15.0. The number of aliphatic hydroxyl groups excluding tert-OH is 1. The zero-order valence-corrected chi connectivity index (χ0v) is 15.0. The second-order valence-corrected chi connectivity index (χ2v) is 6.28. The Bertz CT molecular complexity index is 868. The molecule has 134 valence electrons. The highest BCUT2D eigenvalue weighted by Gasteiger charge is 2.18. The first-order chi connectivity index (χ1) is 12.6. The Kier molecular flexibility index (Phi) is 5.49. The van der Waals surface area contributed by atoms with Crippen molar-refractivity contribution in [1.29, 1.82) is 0 Å². The van der Waals surface area contributed by atoms with E-state index in [0.29, 0.717) is 11.3 Å². The average molecular weight is 349 g/mol. The van der Waals surface area contributed by atoms with Crippen LogP contribution in [0.3, 0.4) is 0 Å². The molecule has 3 rings (SSSR count). The highest BCUT2D eigenvalue weighted by atomic mass is 16.3. The monoisotopic (exact) mass is 349 g/mol. The molecule has 2 aromatic carbocycles. The van der Waals surface area contributed by atoms with E-state index in [2.05, 4.69) is 17.3 Å². The number of amides is 1. The number of nitrogens with zero attached hydrogens (tertiary/aromatic N) is 2. The Balaban J connectivity index is 2.02. The molecule has 26 heavy (non-hydrogen) atoms. The van der Waals surface area contributed by atoms with Crippen LogP contribution in [-0.2, 0) is 6.42 Å². The Morgan fingerprint density at radius 3 is 2.46 bits per heavy atom. The molecule has 1 amide bonds. The van der Waals surface area contributed by atoms with Gasteiger partial charge in [-0.25, -0.2) is 4.68 Å². The molecule has 0 saturated carbocycles.